The predicted molar refractivity (Wildman–Crippen MR) is 116 cm³/mol. The molecule has 30 heavy (non-hydrogen) atoms. The molecule has 0 aliphatic heterocycles. The summed E-state index contributed by atoms with van der Waals surface area (Å²) in [6, 6.07) is 17.1. The van der Waals surface area contributed by atoms with Crippen LogP contribution in [0, 0.1) is 0 Å². The van der Waals surface area contributed by atoms with E-state index in [1.54, 1.807) is 48.5 Å². The number of carbonyl (C=O) groups excluding carboxylic acids is 1. The number of nitrogens with one attached hydrogen (secondary N) is 2. The van der Waals surface area contributed by atoms with E-state index < -0.39 is 15.9 Å². The second-order valence-electron chi connectivity index (χ2n) is 6.13. The highest BCUT2D eigenvalue weighted by Crippen LogP contribution is 2.31. The molecule has 0 saturated heterocycles. The Morgan fingerprint density at radius 2 is 1.50 bits per heavy atom. The molecule has 0 fully saturated rings. The highest BCUT2D eigenvalue weighted by Gasteiger charge is 2.19. The van der Waals surface area contributed by atoms with Crippen LogP contribution in [0.1, 0.15) is 10.4 Å². The van der Waals surface area contributed by atoms with Crippen LogP contribution in [0.4, 0.5) is 11.4 Å². The zero-order valence-electron chi connectivity index (χ0n) is 16.2. The molecule has 1 amide bonds. The number of anilines is 2. The van der Waals surface area contributed by atoms with Gasteiger partial charge in [-0.15, -0.1) is 0 Å². The minimum Gasteiger partial charge on any atom is -0.495 e. The van der Waals surface area contributed by atoms with Gasteiger partial charge in [0, 0.05) is 10.6 Å². The molecule has 0 radical (unpaired) electrons. The van der Waals surface area contributed by atoms with Crippen molar-refractivity contribution in [1.29, 1.82) is 0 Å². The molecule has 3 rings (SSSR count). The summed E-state index contributed by atoms with van der Waals surface area (Å²) in [5.74, 6) is 0.261. The second-order valence-corrected chi connectivity index (χ2v) is 8.25. The number of hydrogen-bond donors (Lipinski definition) is 2. The number of para-hydroxylation sites is 2. The van der Waals surface area contributed by atoms with Gasteiger partial charge in [-0.05, 0) is 54.6 Å². The van der Waals surface area contributed by atoms with Crippen LogP contribution in [-0.4, -0.2) is 28.5 Å². The Morgan fingerprint density at radius 3 is 2.17 bits per heavy atom. The van der Waals surface area contributed by atoms with E-state index >= 15 is 0 Å². The van der Waals surface area contributed by atoms with Gasteiger partial charge >= 0.3 is 0 Å². The van der Waals surface area contributed by atoms with Crippen molar-refractivity contribution in [3.05, 3.63) is 77.3 Å². The second kappa shape index (κ2) is 9.06. The monoisotopic (exact) mass is 446 g/mol. The standard InChI is InChI=1S/C21H19ClN2O5S/c1-28-19-6-4-3-5-17(19)24-30(26,27)16-11-12-20(29-2)18(13-16)23-21(25)14-7-9-15(22)10-8-14/h3-13,24H,1-2H3,(H,23,25). The summed E-state index contributed by atoms with van der Waals surface area (Å²) in [5.41, 5.74) is 0.866. The first-order valence-electron chi connectivity index (χ1n) is 8.75. The van der Waals surface area contributed by atoms with E-state index in [1.807, 2.05) is 0 Å². The molecule has 0 aromatic heterocycles. The number of amides is 1. The maximum atomic E-state index is 12.9. The smallest absolute Gasteiger partial charge is 0.262 e. The number of halogens is 1. The zero-order valence-corrected chi connectivity index (χ0v) is 17.8. The number of sulfonamides is 1. The Bertz CT molecular complexity index is 1160. The molecule has 0 aliphatic carbocycles. The SMILES string of the molecule is COc1ccc(S(=O)(=O)Nc2ccccc2OC)cc1NC(=O)c1ccc(Cl)cc1. The van der Waals surface area contributed by atoms with Gasteiger partial charge < -0.3 is 14.8 Å². The fourth-order valence-electron chi connectivity index (χ4n) is 2.68. The van der Waals surface area contributed by atoms with Crippen LogP contribution in [0.2, 0.25) is 5.02 Å². The van der Waals surface area contributed by atoms with Crippen molar-refractivity contribution in [2.45, 2.75) is 4.90 Å². The van der Waals surface area contributed by atoms with Gasteiger partial charge in [-0.25, -0.2) is 8.42 Å². The van der Waals surface area contributed by atoms with Gasteiger partial charge in [0.05, 0.1) is 30.5 Å². The number of carbonyl (C=O) groups is 1. The minimum absolute atomic E-state index is 0.0550. The number of benzene rings is 3. The van der Waals surface area contributed by atoms with E-state index in [9.17, 15) is 13.2 Å². The molecule has 0 unspecified atom stereocenters. The fourth-order valence-corrected chi connectivity index (χ4v) is 3.90. The molecule has 3 aromatic rings. The third-order valence-corrected chi connectivity index (χ3v) is 5.80. The lowest BCUT2D eigenvalue weighted by Gasteiger charge is -2.14. The molecule has 0 saturated carbocycles. The van der Waals surface area contributed by atoms with Crippen molar-refractivity contribution >= 4 is 38.9 Å². The number of hydrogen-bond acceptors (Lipinski definition) is 5. The average Bonchev–Trinajstić information content (AvgIpc) is 2.74. The number of ether oxygens (including phenoxy) is 2. The number of rotatable bonds is 7. The topological polar surface area (TPSA) is 93.7 Å². The third kappa shape index (κ3) is 4.84. The largest absolute Gasteiger partial charge is 0.495 e. The Balaban J connectivity index is 1.91. The van der Waals surface area contributed by atoms with Crippen LogP contribution in [-0.2, 0) is 10.0 Å². The lowest BCUT2D eigenvalue weighted by atomic mass is 10.2. The van der Waals surface area contributed by atoms with Crippen LogP contribution in [0.5, 0.6) is 11.5 Å². The maximum Gasteiger partial charge on any atom is 0.262 e. The van der Waals surface area contributed by atoms with E-state index in [4.69, 9.17) is 21.1 Å². The molecule has 9 heteroatoms. The first-order chi connectivity index (χ1) is 14.3. The Labute approximate surface area is 179 Å². The van der Waals surface area contributed by atoms with E-state index in [0.717, 1.165) is 0 Å². The highest BCUT2D eigenvalue weighted by atomic mass is 35.5. The lowest BCUT2D eigenvalue weighted by molar-refractivity contribution is 0.102. The third-order valence-electron chi connectivity index (χ3n) is 4.19. The van der Waals surface area contributed by atoms with Crippen molar-refractivity contribution in [1.82, 2.24) is 0 Å². The van der Waals surface area contributed by atoms with Crippen LogP contribution in [0.3, 0.4) is 0 Å². The van der Waals surface area contributed by atoms with Gasteiger partial charge in [0.25, 0.3) is 15.9 Å². The predicted octanol–water partition coefficient (Wildman–Crippen LogP) is 4.41. The summed E-state index contributed by atoms with van der Waals surface area (Å²) in [6.07, 6.45) is 0. The van der Waals surface area contributed by atoms with Gasteiger partial charge in [0.1, 0.15) is 11.5 Å². The quantitative estimate of drug-likeness (QED) is 0.560. The van der Waals surface area contributed by atoms with Crippen LogP contribution in [0.15, 0.2) is 71.6 Å². The summed E-state index contributed by atoms with van der Waals surface area (Å²) in [6.45, 7) is 0. The lowest BCUT2D eigenvalue weighted by Crippen LogP contribution is -2.16. The first-order valence-corrected chi connectivity index (χ1v) is 10.6. The normalized spacial score (nSPS) is 10.9. The summed E-state index contributed by atoms with van der Waals surface area (Å²) in [5, 5.41) is 3.17. The van der Waals surface area contributed by atoms with Crippen molar-refractivity contribution < 1.29 is 22.7 Å². The summed E-state index contributed by atoms with van der Waals surface area (Å²) in [7, 11) is -1.08. The fraction of sp³-hybridized carbons (Fsp3) is 0.0952. The summed E-state index contributed by atoms with van der Waals surface area (Å²) in [4.78, 5) is 12.5. The van der Waals surface area contributed by atoms with Crippen LogP contribution < -0.4 is 19.5 Å². The molecule has 156 valence electrons. The molecule has 0 bridgehead atoms. The Hall–Kier alpha value is -3.23. The van der Waals surface area contributed by atoms with Crippen LogP contribution >= 0.6 is 11.6 Å². The van der Waals surface area contributed by atoms with Crippen molar-refractivity contribution in [3.63, 3.8) is 0 Å². The molecule has 7 nitrogen and oxygen atoms in total. The minimum atomic E-state index is -3.95. The van der Waals surface area contributed by atoms with E-state index in [0.29, 0.717) is 27.8 Å². The Morgan fingerprint density at radius 1 is 0.867 bits per heavy atom. The van der Waals surface area contributed by atoms with Gasteiger partial charge in [0.15, 0.2) is 0 Å². The van der Waals surface area contributed by atoms with Crippen molar-refractivity contribution in [3.8, 4) is 11.5 Å². The van der Waals surface area contributed by atoms with E-state index in [-0.39, 0.29) is 10.6 Å². The summed E-state index contributed by atoms with van der Waals surface area (Å²) < 4.78 is 38.7. The molecular formula is C21H19ClN2O5S. The highest BCUT2D eigenvalue weighted by molar-refractivity contribution is 7.92. The van der Waals surface area contributed by atoms with Gasteiger partial charge in [-0.2, -0.15) is 0 Å². The van der Waals surface area contributed by atoms with Crippen molar-refractivity contribution in [2.75, 3.05) is 24.3 Å². The molecule has 0 heterocycles. The molecule has 2 N–H and O–H groups in total. The molecule has 0 spiro atoms. The average molecular weight is 447 g/mol. The van der Waals surface area contributed by atoms with Crippen LogP contribution in [0.25, 0.3) is 0 Å². The van der Waals surface area contributed by atoms with Gasteiger partial charge in [0.2, 0.25) is 0 Å². The van der Waals surface area contributed by atoms with Crippen molar-refractivity contribution in [2.24, 2.45) is 0 Å². The molecular weight excluding hydrogens is 428 g/mol. The molecule has 0 atom stereocenters. The zero-order chi connectivity index (χ0) is 21.7. The molecule has 3 aromatic carbocycles. The van der Waals surface area contributed by atoms with Gasteiger partial charge in [-0.1, -0.05) is 23.7 Å². The summed E-state index contributed by atoms with van der Waals surface area (Å²) >= 11 is 5.85. The van der Waals surface area contributed by atoms with E-state index in [2.05, 4.69) is 10.0 Å². The molecule has 0 aliphatic rings. The van der Waals surface area contributed by atoms with Gasteiger partial charge in [-0.3, -0.25) is 9.52 Å². The number of methoxy groups -OCH3 is 2. The first kappa shape index (κ1) is 21.5. The Kier molecular flexibility index (Phi) is 6.49. The van der Waals surface area contributed by atoms with E-state index in [1.165, 1.54) is 32.4 Å². The maximum absolute atomic E-state index is 12.9.